The molecule has 0 saturated carbocycles. The summed E-state index contributed by atoms with van der Waals surface area (Å²) < 4.78 is 22.7. The number of likely N-dealkylation sites (N-methyl/N-ethyl adjacent to an activating group) is 1. The molecule has 1 aliphatic rings. The first-order valence-electron chi connectivity index (χ1n) is 10.2. The second-order valence-corrected chi connectivity index (χ2v) is 9.75. The molecule has 9 nitrogen and oxygen atoms in total. The highest BCUT2D eigenvalue weighted by molar-refractivity contribution is 7.46. The van der Waals surface area contributed by atoms with E-state index in [-0.39, 0.29) is 40.1 Å². The fraction of sp³-hybridized carbons (Fsp3) is 0.286. The lowest BCUT2D eigenvalue weighted by Crippen LogP contribution is -2.40. The Hall–Kier alpha value is -2.33. The standard InChI is InChI=1S/C21H22BClNO8P/c1-24-7-6-11(14(26)9-24)16-15(32-33(28,29)30)8-13(25)17-19(27)18(22)20(31-21(16)17)10-4-2-3-5-12(10)23/h2-5,8,11,14,25-26H,6-7,9,22H2,1H3,(H2,28,29,30)/t11-,14+/m0/s1. The van der Waals surface area contributed by atoms with Gasteiger partial charge in [0.2, 0.25) is 0 Å². The van der Waals surface area contributed by atoms with Gasteiger partial charge in [0, 0.05) is 35.1 Å². The highest BCUT2D eigenvalue weighted by Crippen LogP contribution is 2.48. The molecule has 1 aromatic heterocycles. The van der Waals surface area contributed by atoms with Gasteiger partial charge in [0.25, 0.3) is 0 Å². The summed E-state index contributed by atoms with van der Waals surface area (Å²) >= 11 is 6.33. The van der Waals surface area contributed by atoms with E-state index in [0.29, 0.717) is 23.6 Å². The van der Waals surface area contributed by atoms with Crippen LogP contribution >= 0.6 is 19.4 Å². The van der Waals surface area contributed by atoms with Crippen LogP contribution < -0.4 is 15.4 Å². The number of hydrogen-bond acceptors (Lipinski definition) is 7. The quantitative estimate of drug-likeness (QED) is 0.313. The van der Waals surface area contributed by atoms with Crippen molar-refractivity contribution >= 4 is 43.7 Å². The molecule has 12 heteroatoms. The summed E-state index contributed by atoms with van der Waals surface area (Å²) in [4.78, 5) is 34.1. The molecule has 4 N–H and O–H groups in total. The van der Waals surface area contributed by atoms with Gasteiger partial charge < -0.3 is 24.1 Å². The number of aliphatic hydroxyl groups is 1. The molecule has 1 saturated heterocycles. The Morgan fingerprint density at radius 2 is 2.00 bits per heavy atom. The van der Waals surface area contributed by atoms with Crippen LogP contribution in [0.25, 0.3) is 22.3 Å². The molecule has 0 amide bonds. The van der Waals surface area contributed by atoms with Crippen LogP contribution in [-0.4, -0.2) is 59.0 Å². The molecule has 1 fully saturated rings. The van der Waals surface area contributed by atoms with Crippen LogP contribution in [0.1, 0.15) is 17.9 Å². The number of nitrogens with zero attached hydrogens (tertiary/aromatic N) is 1. The average molecular weight is 494 g/mol. The van der Waals surface area contributed by atoms with Gasteiger partial charge in [0.1, 0.15) is 36.1 Å². The zero-order valence-corrected chi connectivity index (χ0v) is 19.5. The van der Waals surface area contributed by atoms with Crippen LogP contribution in [0.4, 0.5) is 0 Å². The second kappa shape index (κ2) is 8.79. The predicted molar refractivity (Wildman–Crippen MR) is 126 cm³/mol. The number of phenolic OH excluding ortho intramolecular Hbond substituents is 1. The number of benzene rings is 2. The zero-order valence-electron chi connectivity index (χ0n) is 17.9. The van der Waals surface area contributed by atoms with Crippen molar-refractivity contribution in [1.29, 1.82) is 0 Å². The van der Waals surface area contributed by atoms with E-state index < -0.39 is 31.0 Å². The Kier molecular flexibility index (Phi) is 6.35. The maximum Gasteiger partial charge on any atom is 0.524 e. The molecular weight excluding hydrogens is 471 g/mol. The van der Waals surface area contributed by atoms with Crippen LogP contribution in [0.15, 0.2) is 39.5 Å². The fourth-order valence-corrected chi connectivity index (χ4v) is 4.94. The van der Waals surface area contributed by atoms with E-state index >= 15 is 0 Å². The van der Waals surface area contributed by atoms with Gasteiger partial charge in [-0.05, 0) is 32.1 Å². The molecule has 4 rings (SSSR count). The van der Waals surface area contributed by atoms with Crippen molar-refractivity contribution < 1.29 is 33.5 Å². The van der Waals surface area contributed by atoms with Gasteiger partial charge in [0.15, 0.2) is 5.43 Å². The zero-order chi connectivity index (χ0) is 24.1. The van der Waals surface area contributed by atoms with Crippen molar-refractivity contribution in [2.24, 2.45) is 0 Å². The van der Waals surface area contributed by atoms with Crippen LogP contribution in [0.3, 0.4) is 0 Å². The number of piperidine rings is 1. The van der Waals surface area contributed by atoms with Crippen molar-refractivity contribution in [3.05, 3.63) is 51.1 Å². The lowest BCUT2D eigenvalue weighted by Gasteiger charge is -2.34. The summed E-state index contributed by atoms with van der Waals surface area (Å²) in [5.41, 5.74) is 0.0977. The predicted octanol–water partition coefficient (Wildman–Crippen LogP) is 1.33. The van der Waals surface area contributed by atoms with Gasteiger partial charge in [-0.25, -0.2) is 4.57 Å². The summed E-state index contributed by atoms with van der Waals surface area (Å²) in [6.07, 6.45) is -0.542. The van der Waals surface area contributed by atoms with E-state index in [9.17, 15) is 29.4 Å². The largest absolute Gasteiger partial charge is 0.524 e. The van der Waals surface area contributed by atoms with Crippen molar-refractivity contribution in [3.8, 4) is 22.8 Å². The Balaban J connectivity index is 2.10. The second-order valence-electron chi connectivity index (χ2n) is 8.18. The van der Waals surface area contributed by atoms with Crippen LogP contribution in [0, 0.1) is 0 Å². The summed E-state index contributed by atoms with van der Waals surface area (Å²) in [7, 11) is -1.67. The molecule has 0 bridgehead atoms. The molecular formula is C21H22BClNO8P. The van der Waals surface area contributed by atoms with Crippen molar-refractivity contribution in [3.63, 3.8) is 0 Å². The molecule has 3 aromatic rings. The molecule has 1 aliphatic heterocycles. The van der Waals surface area contributed by atoms with Crippen molar-refractivity contribution in [1.82, 2.24) is 4.90 Å². The Morgan fingerprint density at radius 3 is 2.64 bits per heavy atom. The monoisotopic (exact) mass is 493 g/mol. The maximum atomic E-state index is 13.3. The molecule has 0 unspecified atom stereocenters. The number of rotatable bonds is 4. The normalized spacial score (nSPS) is 19.7. The number of halogens is 1. The van der Waals surface area contributed by atoms with Crippen LogP contribution in [-0.2, 0) is 4.57 Å². The minimum atomic E-state index is -5.04. The number of hydrogen-bond donors (Lipinski definition) is 4. The first-order chi connectivity index (χ1) is 15.5. The first kappa shape index (κ1) is 23.8. The van der Waals surface area contributed by atoms with Gasteiger partial charge in [-0.2, -0.15) is 0 Å². The number of fused-ring (bicyclic) bond motifs is 1. The van der Waals surface area contributed by atoms with E-state index in [1.165, 1.54) is 7.85 Å². The number of aromatic hydroxyl groups is 1. The van der Waals surface area contributed by atoms with Gasteiger partial charge in [0.05, 0.1) is 11.1 Å². The molecule has 2 aromatic carbocycles. The first-order valence-corrected chi connectivity index (χ1v) is 12.1. The molecule has 33 heavy (non-hydrogen) atoms. The molecule has 0 aliphatic carbocycles. The average Bonchev–Trinajstić information content (AvgIpc) is 2.71. The van der Waals surface area contributed by atoms with E-state index in [1.807, 2.05) is 11.9 Å². The molecule has 174 valence electrons. The molecule has 0 radical (unpaired) electrons. The lowest BCUT2D eigenvalue weighted by atomic mass is 9.84. The van der Waals surface area contributed by atoms with Crippen LogP contribution in [0.5, 0.6) is 11.5 Å². The summed E-state index contributed by atoms with van der Waals surface area (Å²) in [6.45, 7) is 0.864. The Bertz CT molecular complexity index is 1340. The number of phosphoric acid groups is 1. The third-order valence-electron chi connectivity index (χ3n) is 5.87. The van der Waals surface area contributed by atoms with E-state index in [4.69, 9.17) is 20.5 Å². The summed E-state index contributed by atoms with van der Waals surface area (Å²) in [5, 5.41) is 21.6. The van der Waals surface area contributed by atoms with Gasteiger partial charge in [-0.3, -0.25) is 14.6 Å². The summed E-state index contributed by atoms with van der Waals surface area (Å²) in [5.74, 6) is -1.44. The topological polar surface area (TPSA) is 141 Å². The third kappa shape index (κ3) is 4.55. The molecule has 2 heterocycles. The number of phenols is 1. The van der Waals surface area contributed by atoms with Crippen molar-refractivity contribution in [2.45, 2.75) is 18.4 Å². The fourth-order valence-electron chi connectivity index (χ4n) is 4.32. The number of aliphatic hydroxyl groups excluding tert-OH is 1. The van der Waals surface area contributed by atoms with Crippen LogP contribution in [0.2, 0.25) is 5.02 Å². The smallest absolute Gasteiger partial charge is 0.507 e. The SMILES string of the molecule is Bc1c(-c2ccccc2Cl)oc2c([C@H]3CCN(C)C[C@H]3O)c(OP(=O)(O)O)cc(O)c2c1=O. The minimum Gasteiger partial charge on any atom is -0.507 e. The van der Waals surface area contributed by atoms with E-state index in [0.717, 1.165) is 6.07 Å². The van der Waals surface area contributed by atoms with Gasteiger partial charge in [-0.15, -0.1) is 0 Å². The highest BCUT2D eigenvalue weighted by atomic mass is 35.5. The van der Waals surface area contributed by atoms with E-state index in [2.05, 4.69) is 0 Å². The minimum absolute atomic E-state index is 0.108. The Morgan fingerprint density at radius 1 is 1.30 bits per heavy atom. The molecule has 0 spiro atoms. The van der Waals surface area contributed by atoms with Gasteiger partial charge >= 0.3 is 7.82 Å². The highest BCUT2D eigenvalue weighted by Gasteiger charge is 2.35. The third-order valence-corrected chi connectivity index (χ3v) is 6.63. The molecule has 2 atom stereocenters. The maximum absolute atomic E-state index is 13.3. The number of β-amino-alcohol motifs (C(OH)–C–C–N with tert-alkyl or cyclic N) is 1. The van der Waals surface area contributed by atoms with Gasteiger partial charge in [-0.1, -0.05) is 23.7 Å². The number of likely N-dealkylation sites (tertiary alicyclic amines) is 1. The lowest BCUT2D eigenvalue weighted by molar-refractivity contribution is 0.0632. The Labute approximate surface area is 194 Å². The van der Waals surface area contributed by atoms with Crippen molar-refractivity contribution in [2.75, 3.05) is 20.1 Å². The van der Waals surface area contributed by atoms with E-state index in [1.54, 1.807) is 24.3 Å². The summed E-state index contributed by atoms with van der Waals surface area (Å²) in [6, 6.07) is 7.72. The number of phosphoric ester groups is 1.